The first-order valence-corrected chi connectivity index (χ1v) is 4.73. The molecule has 0 unspecified atom stereocenters. The number of nitrogens with one attached hydrogen (secondary N) is 1. The van der Waals surface area contributed by atoms with Crippen LogP contribution in [-0.4, -0.2) is 11.5 Å². The van der Waals surface area contributed by atoms with E-state index in [1.54, 1.807) is 6.20 Å². The van der Waals surface area contributed by atoms with Crippen molar-refractivity contribution in [2.45, 2.75) is 27.2 Å². The van der Waals surface area contributed by atoms with Crippen LogP contribution in [0.1, 0.15) is 27.2 Å². The summed E-state index contributed by atoms with van der Waals surface area (Å²) in [5, 5.41) is 3.29. The molecular formula is C11H18N2. The Kier molecular flexibility index (Phi) is 3.29. The summed E-state index contributed by atoms with van der Waals surface area (Å²) in [7, 11) is 0. The zero-order valence-electron chi connectivity index (χ0n) is 8.67. The molecule has 0 fully saturated rings. The van der Waals surface area contributed by atoms with E-state index < -0.39 is 0 Å². The van der Waals surface area contributed by atoms with Crippen LogP contribution < -0.4 is 5.32 Å². The molecule has 0 atom stereocenters. The minimum Gasteiger partial charge on any atom is -0.370 e. The normalized spacial score (nSPS) is 11.3. The lowest BCUT2D eigenvalue weighted by molar-refractivity contribution is 0.389. The van der Waals surface area contributed by atoms with E-state index in [2.05, 4.69) is 31.1 Å². The lowest BCUT2D eigenvalue weighted by atomic mass is 9.92. The molecule has 0 aliphatic heterocycles. The van der Waals surface area contributed by atoms with Crippen molar-refractivity contribution in [2.75, 3.05) is 11.9 Å². The van der Waals surface area contributed by atoms with Gasteiger partial charge in [0.1, 0.15) is 5.82 Å². The summed E-state index contributed by atoms with van der Waals surface area (Å²) in [6, 6.07) is 5.91. The Morgan fingerprint density at radius 3 is 2.62 bits per heavy atom. The van der Waals surface area contributed by atoms with E-state index in [4.69, 9.17) is 0 Å². The van der Waals surface area contributed by atoms with Gasteiger partial charge in [-0.1, -0.05) is 26.8 Å². The van der Waals surface area contributed by atoms with Gasteiger partial charge in [0, 0.05) is 12.7 Å². The SMILES string of the molecule is CC(C)(C)CCNc1ccccn1. The van der Waals surface area contributed by atoms with E-state index in [1.807, 2.05) is 18.2 Å². The van der Waals surface area contributed by atoms with Gasteiger partial charge in [0.25, 0.3) is 0 Å². The zero-order chi connectivity index (χ0) is 9.73. The zero-order valence-corrected chi connectivity index (χ0v) is 8.67. The molecule has 13 heavy (non-hydrogen) atoms. The van der Waals surface area contributed by atoms with E-state index in [1.165, 1.54) is 0 Å². The van der Waals surface area contributed by atoms with Crippen LogP contribution in [0.3, 0.4) is 0 Å². The molecule has 1 rings (SSSR count). The number of pyridine rings is 1. The molecule has 1 aromatic heterocycles. The van der Waals surface area contributed by atoms with Crippen molar-refractivity contribution in [3.05, 3.63) is 24.4 Å². The van der Waals surface area contributed by atoms with Crippen LogP contribution in [0, 0.1) is 5.41 Å². The van der Waals surface area contributed by atoms with E-state index in [0.717, 1.165) is 18.8 Å². The van der Waals surface area contributed by atoms with Gasteiger partial charge in [-0.3, -0.25) is 0 Å². The molecule has 0 aromatic carbocycles. The number of nitrogens with zero attached hydrogens (tertiary/aromatic N) is 1. The van der Waals surface area contributed by atoms with Crippen molar-refractivity contribution in [2.24, 2.45) is 5.41 Å². The van der Waals surface area contributed by atoms with Crippen LogP contribution in [0.2, 0.25) is 0 Å². The van der Waals surface area contributed by atoms with E-state index in [-0.39, 0.29) is 0 Å². The van der Waals surface area contributed by atoms with Gasteiger partial charge in [-0.25, -0.2) is 4.98 Å². The van der Waals surface area contributed by atoms with Gasteiger partial charge in [0.15, 0.2) is 0 Å². The summed E-state index contributed by atoms with van der Waals surface area (Å²) in [6.07, 6.45) is 2.96. The highest BCUT2D eigenvalue weighted by Gasteiger charge is 2.08. The monoisotopic (exact) mass is 178 g/mol. The molecule has 0 amide bonds. The standard InChI is InChI=1S/C11H18N2/c1-11(2,3)7-9-13-10-6-4-5-8-12-10/h4-6,8H,7,9H2,1-3H3,(H,12,13). The van der Waals surface area contributed by atoms with Gasteiger partial charge in [-0.2, -0.15) is 0 Å². The van der Waals surface area contributed by atoms with Crippen LogP contribution in [0.25, 0.3) is 0 Å². The highest BCUT2D eigenvalue weighted by atomic mass is 15.0. The molecule has 0 spiro atoms. The van der Waals surface area contributed by atoms with Crippen molar-refractivity contribution in [1.82, 2.24) is 4.98 Å². The third-order valence-corrected chi connectivity index (χ3v) is 1.85. The van der Waals surface area contributed by atoms with E-state index in [9.17, 15) is 0 Å². The number of rotatable bonds is 3. The summed E-state index contributed by atoms with van der Waals surface area (Å²) in [4.78, 5) is 4.19. The predicted octanol–water partition coefficient (Wildman–Crippen LogP) is 2.93. The van der Waals surface area contributed by atoms with Gasteiger partial charge in [-0.05, 0) is 24.0 Å². The minimum absolute atomic E-state index is 0.391. The summed E-state index contributed by atoms with van der Waals surface area (Å²) in [6.45, 7) is 7.72. The molecule has 72 valence electrons. The molecule has 2 heteroatoms. The second kappa shape index (κ2) is 4.26. The van der Waals surface area contributed by atoms with Crippen LogP contribution >= 0.6 is 0 Å². The average Bonchev–Trinajstić information content (AvgIpc) is 2.04. The molecule has 1 heterocycles. The van der Waals surface area contributed by atoms with Crippen molar-refractivity contribution in [1.29, 1.82) is 0 Å². The second-order valence-electron chi connectivity index (χ2n) is 4.45. The smallest absolute Gasteiger partial charge is 0.125 e. The molecule has 0 aliphatic carbocycles. The van der Waals surface area contributed by atoms with Crippen molar-refractivity contribution in [3.8, 4) is 0 Å². The van der Waals surface area contributed by atoms with Gasteiger partial charge in [-0.15, -0.1) is 0 Å². The Hall–Kier alpha value is -1.05. The lowest BCUT2D eigenvalue weighted by Crippen LogP contribution is -2.13. The third-order valence-electron chi connectivity index (χ3n) is 1.85. The number of anilines is 1. The molecule has 0 saturated carbocycles. The maximum Gasteiger partial charge on any atom is 0.125 e. The molecule has 0 bridgehead atoms. The first-order chi connectivity index (χ1) is 6.08. The summed E-state index contributed by atoms with van der Waals surface area (Å²) in [5.41, 5.74) is 0.391. The number of hydrogen-bond donors (Lipinski definition) is 1. The Morgan fingerprint density at radius 1 is 1.31 bits per heavy atom. The quantitative estimate of drug-likeness (QED) is 0.769. The second-order valence-corrected chi connectivity index (χ2v) is 4.45. The molecule has 2 nitrogen and oxygen atoms in total. The Labute approximate surface area is 80.4 Å². The Morgan fingerprint density at radius 2 is 2.08 bits per heavy atom. The van der Waals surface area contributed by atoms with Crippen molar-refractivity contribution in [3.63, 3.8) is 0 Å². The molecule has 1 aromatic rings. The Balaban J connectivity index is 2.29. The first-order valence-electron chi connectivity index (χ1n) is 4.73. The average molecular weight is 178 g/mol. The summed E-state index contributed by atoms with van der Waals surface area (Å²) < 4.78 is 0. The molecule has 0 saturated heterocycles. The molecule has 0 aliphatic rings. The van der Waals surface area contributed by atoms with Gasteiger partial charge < -0.3 is 5.32 Å². The van der Waals surface area contributed by atoms with Crippen LogP contribution in [0.5, 0.6) is 0 Å². The maximum absolute atomic E-state index is 4.19. The minimum atomic E-state index is 0.391. The van der Waals surface area contributed by atoms with E-state index >= 15 is 0 Å². The van der Waals surface area contributed by atoms with Crippen LogP contribution in [0.4, 0.5) is 5.82 Å². The number of aromatic nitrogens is 1. The molecule has 1 N–H and O–H groups in total. The summed E-state index contributed by atoms with van der Waals surface area (Å²) >= 11 is 0. The highest BCUT2D eigenvalue weighted by Crippen LogP contribution is 2.17. The van der Waals surface area contributed by atoms with Crippen LogP contribution in [0.15, 0.2) is 24.4 Å². The number of hydrogen-bond acceptors (Lipinski definition) is 2. The molecule has 0 radical (unpaired) electrons. The van der Waals surface area contributed by atoms with E-state index in [0.29, 0.717) is 5.41 Å². The highest BCUT2D eigenvalue weighted by molar-refractivity contribution is 5.32. The fourth-order valence-electron chi connectivity index (χ4n) is 1.03. The maximum atomic E-state index is 4.19. The first kappa shape index (κ1) is 10.0. The third kappa shape index (κ3) is 4.51. The Bertz CT molecular complexity index is 236. The topological polar surface area (TPSA) is 24.9 Å². The molecular weight excluding hydrogens is 160 g/mol. The predicted molar refractivity (Wildman–Crippen MR) is 56.8 cm³/mol. The fraction of sp³-hybridized carbons (Fsp3) is 0.545. The van der Waals surface area contributed by atoms with Crippen molar-refractivity contribution >= 4 is 5.82 Å². The van der Waals surface area contributed by atoms with Crippen LogP contribution in [-0.2, 0) is 0 Å². The summed E-state index contributed by atoms with van der Waals surface area (Å²) in [5.74, 6) is 0.965. The lowest BCUT2D eigenvalue weighted by Gasteiger charge is -2.18. The van der Waals surface area contributed by atoms with Gasteiger partial charge in [0.05, 0.1) is 0 Å². The van der Waals surface area contributed by atoms with Crippen molar-refractivity contribution < 1.29 is 0 Å². The van der Waals surface area contributed by atoms with Gasteiger partial charge in [0.2, 0.25) is 0 Å². The fourth-order valence-corrected chi connectivity index (χ4v) is 1.03. The largest absolute Gasteiger partial charge is 0.370 e. The van der Waals surface area contributed by atoms with Gasteiger partial charge >= 0.3 is 0 Å².